The Hall–Kier alpha value is -2.28. The van der Waals surface area contributed by atoms with E-state index in [0.717, 1.165) is 11.0 Å². The van der Waals surface area contributed by atoms with E-state index >= 15 is 0 Å². The molecule has 0 aliphatic heterocycles. The Morgan fingerprint density at radius 1 is 1.29 bits per heavy atom. The van der Waals surface area contributed by atoms with E-state index in [-0.39, 0.29) is 16.9 Å². The van der Waals surface area contributed by atoms with E-state index in [9.17, 15) is 19.3 Å². The van der Waals surface area contributed by atoms with Gasteiger partial charge in [-0.25, -0.2) is 4.39 Å². The molecule has 0 N–H and O–H groups in total. The summed E-state index contributed by atoms with van der Waals surface area (Å²) in [7, 11) is 1.41. The predicted octanol–water partition coefficient (Wildman–Crippen LogP) is 3.77. The van der Waals surface area contributed by atoms with Crippen LogP contribution in [-0.2, 0) is 0 Å². The molecule has 108 valence electrons. The van der Waals surface area contributed by atoms with Crippen molar-refractivity contribution in [3.63, 3.8) is 0 Å². The summed E-state index contributed by atoms with van der Waals surface area (Å²) in [4.78, 5) is 23.7. The summed E-state index contributed by atoms with van der Waals surface area (Å²) in [6.07, 6.45) is 0. The van der Waals surface area contributed by atoms with Crippen molar-refractivity contribution in [1.82, 2.24) is 0 Å². The highest BCUT2D eigenvalue weighted by Crippen LogP contribution is 2.26. The molecule has 0 saturated heterocycles. The van der Waals surface area contributed by atoms with Crippen LogP contribution in [0, 0.1) is 15.9 Å². The lowest BCUT2D eigenvalue weighted by Crippen LogP contribution is -2.27. The number of para-hydroxylation sites is 1. The highest BCUT2D eigenvalue weighted by molar-refractivity contribution is 9.10. The van der Waals surface area contributed by atoms with Crippen LogP contribution in [0.1, 0.15) is 10.4 Å². The second kappa shape index (κ2) is 6.01. The van der Waals surface area contributed by atoms with Crippen molar-refractivity contribution in [2.24, 2.45) is 0 Å². The zero-order valence-corrected chi connectivity index (χ0v) is 12.5. The smallest absolute Gasteiger partial charge is 0.270 e. The second-order valence-corrected chi connectivity index (χ2v) is 5.09. The summed E-state index contributed by atoms with van der Waals surface area (Å²) >= 11 is 3.18. The number of nitrogens with zero attached hydrogens (tertiary/aromatic N) is 2. The van der Waals surface area contributed by atoms with Crippen LogP contribution >= 0.6 is 15.9 Å². The molecule has 5 nitrogen and oxygen atoms in total. The first-order valence-electron chi connectivity index (χ1n) is 5.88. The number of benzene rings is 2. The van der Waals surface area contributed by atoms with Crippen molar-refractivity contribution in [3.05, 3.63) is 68.4 Å². The molecule has 2 aromatic carbocycles. The molecule has 0 spiro atoms. The number of rotatable bonds is 3. The number of non-ortho nitro benzene ring substituents is 1. The lowest BCUT2D eigenvalue weighted by Gasteiger charge is -2.18. The maximum absolute atomic E-state index is 13.7. The number of carbonyl (C=O) groups excluding carboxylic acids is 1. The van der Waals surface area contributed by atoms with Crippen LogP contribution in [0.2, 0.25) is 0 Å². The van der Waals surface area contributed by atoms with Crippen LogP contribution in [0.25, 0.3) is 0 Å². The summed E-state index contributed by atoms with van der Waals surface area (Å²) in [5.41, 5.74) is -0.0145. The highest BCUT2D eigenvalue weighted by atomic mass is 79.9. The minimum atomic E-state index is -0.591. The normalized spacial score (nSPS) is 10.2. The van der Waals surface area contributed by atoms with Crippen LogP contribution < -0.4 is 4.90 Å². The Labute approximate surface area is 128 Å². The fraction of sp³-hybridized carbons (Fsp3) is 0.0714. The van der Waals surface area contributed by atoms with E-state index < -0.39 is 16.6 Å². The van der Waals surface area contributed by atoms with Gasteiger partial charge in [0.15, 0.2) is 0 Å². The molecule has 0 radical (unpaired) electrons. The Bertz CT molecular complexity index is 721. The molecule has 0 aliphatic carbocycles. The van der Waals surface area contributed by atoms with Crippen LogP contribution in [-0.4, -0.2) is 17.9 Å². The van der Waals surface area contributed by atoms with Crippen molar-refractivity contribution in [2.75, 3.05) is 11.9 Å². The van der Waals surface area contributed by atoms with E-state index in [1.807, 2.05) is 0 Å². The molecule has 0 saturated carbocycles. The molecule has 1 amide bonds. The molecule has 0 fully saturated rings. The minimum absolute atomic E-state index is 0.0925. The van der Waals surface area contributed by atoms with Gasteiger partial charge in [-0.2, -0.15) is 0 Å². The quantitative estimate of drug-likeness (QED) is 0.623. The van der Waals surface area contributed by atoms with Gasteiger partial charge in [-0.3, -0.25) is 14.9 Å². The highest BCUT2D eigenvalue weighted by Gasteiger charge is 2.21. The van der Waals surface area contributed by atoms with Crippen molar-refractivity contribution < 1.29 is 14.1 Å². The maximum atomic E-state index is 13.7. The largest absolute Gasteiger partial charge is 0.309 e. The van der Waals surface area contributed by atoms with Gasteiger partial charge in [-0.05, 0) is 34.1 Å². The summed E-state index contributed by atoms with van der Waals surface area (Å²) in [6, 6.07) is 9.67. The van der Waals surface area contributed by atoms with Gasteiger partial charge in [-0.15, -0.1) is 0 Å². The topological polar surface area (TPSA) is 63.5 Å². The van der Waals surface area contributed by atoms with Crippen molar-refractivity contribution in [1.29, 1.82) is 0 Å². The molecule has 0 atom stereocenters. The van der Waals surface area contributed by atoms with E-state index in [4.69, 9.17) is 0 Å². The SMILES string of the molecule is CN(C(=O)c1cc([N+](=O)[O-])ccc1Br)c1ccccc1F. The van der Waals surface area contributed by atoms with Gasteiger partial charge in [0.2, 0.25) is 0 Å². The Morgan fingerprint density at radius 3 is 2.57 bits per heavy atom. The standard InChI is InChI=1S/C14H10BrFN2O3/c1-17(13-5-3-2-4-12(13)16)14(19)10-8-9(18(20)21)6-7-11(10)15/h2-8H,1H3. The Balaban J connectivity index is 2.42. The summed E-state index contributed by atoms with van der Waals surface area (Å²) < 4.78 is 14.1. The third kappa shape index (κ3) is 3.08. The zero-order valence-electron chi connectivity index (χ0n) is 10.9. The second-order valence-electron chi connectivity index (χ2n) is 4.24. The first kappa shape index (κ1) is 15.1. The van der Waals surface area contributed by atoms with Gasteiger partial charge < -0.3 is 4.90 Å². The third-order valence-electron chi connectivity index (χ3n) is 2.91. The number of anilines is 1. The lowest BCUT2D eigenvalue weighted by molar-refractivity contribution is -0.384. The molecule has 21 heavy (non-hydrogen) atoms. The monoisotopic (exact) mass is 352 g/mol. The zero-order chi connectivity index (χ0) is 15.6. The first-order chi connectivity index (χ1) is 9.91. The van der Waals surface area contributed by atoms with Crippen molar-refractivity contribution in [3.8, 4) is 0 Å². The van der Waals surface area contributed by atoms with Gasteiger partial charge in [-0.1, -0.05) is 12.1 Å². The number of halogens is 2. The average Bonchev–Trinajstić information content (AvgIpc) is 2.46. The summed E-state index contributed by atoms with van der Waals surface area (Å²) in [6.45, 7) is 0. The fourth-order valence-corrected chi connectivity index (χ4v) is 2.22. The summed E-state index contributed by atoms with van der Waals surface area (Å²) in [5, 5.41) is 10.8. The molecule has 2 rings (SSSR count). The molecule has 2 aromatic rings. The molecule has 0 bridgehead atoms. The number of nitro benzene ring substituents is 1. The number of nitro groups is 1. The van der Waals surface area contributed by atoms with Crippen molar-refractivity contribution in [2.45, 2.75) is 0 Å². The Morgan fingerprint density at radius 2 is 1.95 bits per heavy atom. The van der Waals surface area contributed by atoms with E-state index in [2.05, 4.69) is 15.9 Å². The van der Waals surface area contributed by atoms with Crippen LogP contribution in [0.5, 0.6) is 0 Å². The van der Waals surface area contributed by atoms with Gasteiger partial charge in [0.05, 0.1) is 16.2 Å². The number of amides is 1. The molecule has 0 aromatic heterocycles. The van der Waals surface area contributed by atoms with E-state index in [1.165, 1.54) is 37.4 Å². The fourth-order valence-electron chi connectivity index (χ4n) is 1.80. The molecule has 0 aliphatic rings. The molecular formula is C14H10BrFN2O3. The van der Waals surface area contributed by atoms with Crippen LogP contribution in [0.15, 0.2) is 46.9 Å². The van der Waals surface area contributed by atoms with Crippen molar-refractivity contribution >= 4 is 33.2 Å². The minimum Gasteiger partial charge on any atom is -0.309 e. The number of hydrogen-bond donors (Lipinski definition) is 0. The molecule has 7 heteroatoms. The van der Waals surface area contributed by atoms with Gasteiger partial charge in [0.25, 0.3) is 11.6 Å². The first-order valence-corrected chi connectivity index (χ1v) is 6.67. The Kier molecular flexibility index (Phi) is 4.32. The lowest BCUT2D eigenvalue weighted by atomic mass is 10.1. The molecule has 0 unspecified atom stereocenters. The predicted molar refractivity (Wildman–Crippen MR) is 79.9 cm³/mol. The average molecular weight is 353 g/mol. The van der Waals surface area contributed by atoms with Gasteiger partial charge >= 0.3 is 0 Å². The van der Waals surface area contributed by atoms with Crippen LogP contribution in [0.4, 0.5) is 15.8 Å². The number of carbonyl (C=O) groups is 1. The molecular weight excluding hydrogens is 343 g/mol. The maximum Gasteiger partial charge on any atom is 0.270 e. The van der Waals surface area contributed by atoms with E-state index in [0.29, 0.717) is 4.47 Å². The van der Waals surface area contributed by atoms with Gasteiger partial charge in [0.1, 0.15) is 5.82 Å². The van der Waals surface area contributed by atoms with Gasteiger partial charge in [0, 0.05) is 23.7 Å². The number of hydrogen-bond acceptors (Lipinski definition) is 3. The molecule has 0 heterocycles. The van der Waals surface area contributed by atoms with Crippen LogP contribution in [0.3, 0.4) is 0 Å². The third-order valence-corrected chi connectivity index (χ3v) is 3.60. The summed E-state index contributed by atoms with van der Waals surface area (Å²) in [5.74, 6) is -1.09. The van der Waals surface area contributed by atoms with E-state index in [1.54, 1.807) is 6.07 Å².